The first kappa shape index (κ1) is 24.4. The van der Waals surface area contributed by atoms with Gasteiger partial charge in [-0.2, -0.15) is 0 Å². The van der Waals surface area contributed by atoms with Crippen LogP contribution in [0.2, 0.25) is 0 Å². The molecule has 8 heteroatoms. The van der Waals surface area contributed by atoms with E-state index in [-0.39, 0.29) is 22.5 Å². The van der Waals surface area contributed by atoms with Crippen molar-refractivity contribution >= 4 is 33.4 Å². The highest BCUT2D eigenvalue weighted by molar-refractivity contribution is 6.00. The number of aromatic amines is 1. The lowest BCUT2D eigenvalue weighted by atomic mass is 9.92. The molecule has 4 aromatic rings. The number of aromatic nitrogens is 1. The molecule has 2 aliphatic heterocycles. The number of anilines is 1. The third-order valence-corrected chi connectivity index (χ3v) is 7.55. The zero-order valence-electron chi connectivity index (χ0n) is 21.5. The molecule has 0 bridgehead atoms. The minimum atomic E-state index is -0.815. The Hall–Kier alpha value is -3.91. The smallest absolute Gasteiger partial charge is 0.255 e. The van der Waals surface area contributed by atoms with Crippen LogP contribution >= 0.6 is 0 Å². The first-order valence-electron chi connectivity index (χ1n) is 13.0. The number of hydrogen-bond donors (Lipinski definition) is 2. The first-order valence-corrected chi connectivity index (χ1v) is 13.0. The molecular formula is C30H30FN3O4. The number of nitrogens with one attached hydrogen (secondary N) is 2. The Morgan fingerprint density at radius 2 is 1.95 bits per heavy atom. The van der Waals surface area contributed by atoms with Crippen molar-refractivity contribution in [3.05, 3.63) is 81.8 Å². The summed E-state index contributed by atoms with van der Waals surface area (Å²) in [6.45, 7) is 6.76. The fourth-order valence-corrected chi connectivity index (χ4v) is 5.43. The van der Waals surface area contributed by atoms with Crippen LogP contribution in [0.1, 0.15) is 42.6 Å². The molecule has 0 saturated carbocycles. The van der Waals surface area contributed by atoms with E-state index in [1.165, 1.54) is 6.07 Å². The fraction of sp³-hybridized carbons (Fsp3) is 0.333. The van der Waals surface area contributed by atoms with Crippen LogP contribution < -0.4 is 20.4 Å². The van der Waals surface area contributed by atoms with Crippen LogP contribution in [-0.2, 0) is 10.3 Å². The van der Waals surface area contributed by atoms with E-state index in [9.17, 15) is 9.59 Å². The molecule has 1 unspecified atom stereocenters. The molecule has 0 radical (unpaired) electrons. The predicted molar refractivity (Wildman–Crippen MR) is 146 cm³/mol. The molecule has 196 valence electrons. The number of hydrogen-bond acceptors (Lipinski definition) is 5. The molecule has 1 amide bonds. The maximum atomic E-state index is 15.1. The van der Waals surface area contributed by atoms with Gasteiger partial charge >= 0.3 is 0 Å². The minimum absolute atomic E-state index is 0.131. The largest absolute Gasteiger partial charge is 0.490 e. The van der Waals surface area contributed by atoms with Gasteiger partial charge in [0.1, 0.15) is 18.2 Å². The number of halogens is 1. The summed E-state index contributed by atoms with van der Waals surface area (Å²) in [7, 11) is 0. The molecule has 1 fully saturated rings. The number of carbonyl (C=O) groups excluding carboxylic acids is 1. The molecule has 6 rings (SSSR count). The monoisotopic (exact) mass is 515 g/mol. The van der Waals surface area contributed by atoms with Crippen molar-refractivity contribution in [2.45, 2.75) is 38.3 Å². The van der Waals surface area contributed by atoms with Crippen molar-refractivity contribution < 1.29 is 18.7 Å². The molecular weight excluding hydrogens is 485 g/mol. The summed E-state index contributed by atoms with van der Waals surface area (Å²) in [5.41, 5.74) is 1.66. The molecule has 3 heterocycles. The topological polar surface area (TPSA) is 83.7 Å². The summed E-state index contributed by atoms with van der Waals surface area (Å²) >= 11 is 0. The van der Waals surface area contributed by atoms with E-state index < -0.39 is 17.3 Å². The summed E-state index contributed by atoms with van der Waals surface area (Å²) in [6, 6.07) is 15.5. The zero-order chi connectivity index (χ0) is 26.4. The van der Waals surface area contributed by atoms with Gasteiger partial charge in [0.05, 0.1) is 35.0 Å². The SMILES string of the molecule is CC(C)(NC(=O)c1cc2[nH]c3ccccc3c(=O)c2cc1F)c1ccc2c(c1)OCCN2CC1CCCO1. The number of rotatable bonds is 5. The van der Waals surface area contributed by atoms with Gasteiger partial charge in [-0.05, 0) is 68.7 Å². The summed E-state index contributed by atoms with van der Waals surface area (Å²) in [5, 5.41) is 3.64. The third kappa shape index (κ3) is 4.39. The van der Waals surface area contributed by atoms with Crippen LogP contribution in [0.15, 0.2) is 59.4 Å². The van der Waals surface area contributed by atoms with Crippen molar-refractivity contribution in [3.63, 3.8) is 0 Å². The van der Waals surface area contributed by atoms with E-state index in [1.54, 1.807) is 18.2 Å². The number of ether oxygens (including phenoxy) is 2. The van der Waals surface area contributed by atoms with E-state index in [4.69, 9.17) is 9.47 Å². The summed E-state index contributed by atoms with van der Waals surface area (Å²) in [4.78, 5) is 31.6. The summed E-state index contributed by atoms with van der Waals surface area (Å²) in [6.07, 6.45) is 2.40. The minimum Gasteiger partial charge on any atom is -0.490 e. The number of carbonyl (C=O) groups is 1. The number of benzene rings is 3. The highest BCUT2D eigenvalue weighted by Crippen LogP contribution is 2.36. The van der Waals surface area contributed by atoms with Crippen molar-refractivity contribution in [2.24, 2.45) is 0 Å². The van der Waals surface area contributed by atoms with Gasteiger partial charge < -0.3 is 24.7 Å². The average molecular weight is 516 g/mol. The number of para-hydroxylation sites is 1. The molecule has 0 spiro atoms. The highest BCUT2D eigenvalue weighted by atomic mass is 19.1. The van der Waals surface area contributed by atoms with Gasteiger partial charge in [0.2, 0.25) is 0 Å². The Labute approximate surface area is 219 Å². The summed E-state index contributed by atoms with van der Waals surface area (Å²) in [5.74, 6) is -0.553. The molecule has 2 aliphatic rings. The van der Waals surface area contributed by atoms with Crippen molar-refractivity contribution in [1.82, 2.24) is 10.3 Å². The van der Waals surface area contributed by atoms with Crippen molar-refractivity contribution in [2.75, 3.05) is 31.2 Å². The second-order valence-corrected chi connectivity index (χ2v) is 10.6. The second-order valence-electron chi connectivity index (χ2n) is 10.6. The van der Waals surface area contributed by atoms with Gasteiger partial charge in [-0.3, -0.25) is 9.59 Å². The molecule has 3 aromatic carbocycles. The maximum absolute atomic E-state index is 15.1. The van der Waals surface area contributed by atoms with Crippen LogP contribution in [0.25, 0.3) is 21.8 Å². The number of pyridine rings is 1. The van der Waals surface area contributed by atoms with Gasteiger partial charge in [0, 0.05) is 29.4 Å². The Balaban J connectivity index is 1.27. The lowest BCUT2D eigenvalue weighted by molar-refractivity contribution is 0.0907. The number of amides is 1. The molecule has 1 saturated heterocycles. The number of nitrogens with zero attached hydrogens (tertiary/aromatic N) is 1. The normalized spacial score (nSPS) is 17.4. The van der Waals surface area contributed by atoms with Crippen LogP contribution in [0, 0.1) is 5.82 Å². The zero-order valence-corrected chi connectivity index (χ0v) is 21.5. The quantitative estimate of drug-likeness (QED) is 0.371. The highest BCUT2D eigenvalue weighted by Gasteiger charge is 2.29. The molecule has 7 nitrogen and oxygen atoms in total. The summed E-state index contributed by atoms with van der Waals surface area (Å²) < 4.78 is 26.9. The fourth-order valence-electron chi connectivity index (χ4n) is 5.43. The van der Waals surface area contributed by atoms with Gasteiger partial charge in [0.15, 0.2) is 5.43 Å². The molecule has 1 atom stereocenters. The molecule has 2 N–H and O–H groups in total. The van der Waals surface area contributed by atoms with Crippen LogP contribution in [0.4, 0.5) is 10.1 Å². The van der Waals surface area contributed by atoms with Crippen LogP contribution in [0.5, 0.6) is 5.75 Å². The number of H-pyrrole nitrogens is 1. The molecule has 1 aromatic heterocycles. The lowest BCUT2D eigenvalue weighted by Gasteiger charge is -2.34. The average Bonchev–Trinajstić information content (AvgIpc) is 3.42. The molecule has 0 aliphatic carbocycles. The Morgan fingerprint density at radius 3 is 2.76 bits per heavy atom. The van der Waals surface area contributed by atoms with Gasteiger partial charge in [-0.25, -0.2) is 4.39 Å². The third-order valence-electron chi connectivity index (χ3n) is 7.55. The Bertz CT molecular complexity index is 1610. The Kier molecular flexibility index (Phi) is 6.07. The van der Waals surface area contributed by atoms with Gasteiger partial charge in [-0.1, -0.05) is 18.2 Å². The lowest BCUT2D eigenvalue weighted by Crippen LogP contribution is -2.42. The van der Waals surface area contributed by atoms with Gasteiger partial charge in [-0.15, -0.1) is 0 Å². The molecule has 38 heavy (non-hydrogen) atoms. The van der Waals surface area contributed by atoms with E-state index >= 15 is 4.39 Å². The predicted octanol–water partition coefficient (Wildman–Crippen LogP) is 4.86. The van der Waals surface area contributed by atoms with E-state index in [0.717, 1.165) is 55.6 Å². The number of fused-ring (bicyclic) bond motifs is 3. The van der Waals surface area contributed by atoms with E-state index in [2.05, 4.69) is 15.2 Å². The maximum Gasteiger partial charge on any atom is 0.255 e. The Morgan fingerprint density at radius 1 is 1.11 bits per heavy atom. The second kappa shape index (κ2) is 9.44. The van der Waals surface area contributed by atoms with E-state index in [1.807, 2.05) is 38.1 Å². The van der Waals surface area contributed by atoms with E-state index in [0.29, 0.717) is 23.0 Å². The van der Waals surface area contributed by atoms with Crippen molar-refractivity contribution in [3.8, 4) is 5.75 Å². The van der Waals surface area contributed by atoms with Crippen LogP contribution in [0.3, 0.4) is 0 Å². The van der Waals surface area contributed by atoms with Gasteiger partial charge in [0.25, 0.3) is 5.91 Å². The van der Waals surface area contributed by atoms with Crippen LogP contribution in [-0.4, -0.2) is 43.3 Å². The first-order chi connectivity index (χ1) is 18.3. The standard InChI is InChI=1S/C30H30FN3O4/c1-30(2,18-9-10-26-27(14-18)38-13-11-34(26)17-19-6-5-12-37-19)33-29(36)21-16-25-22(15-23(21)31)28(35)20-7-3-4-8-24(20)32-25/h3-4,7-10,14-16,19H,5-6,11-13,17H2,1-2H3,(H,32,35)(H,33,36). The van der Waals surface area contributed by atoms with Crippen molar-refractivity contribution in [1.29, 1.82) is 0 Å².